The van der Waals surface area contributed by atoms with Gasteiger partial charge in [-0.3, -0.25) is 4.99 Å². The molecule has 7 heteroatoms. The van der Waals surface area contributed by atoms with E-state index in [1.807, 2.05) is 6.20 Å². The lowest BCUT2D eigenvalue weighted by Gasteiger charge is -2.17. The molecule has 0 unspecified atom stereocenters. The van der Waals surface area contributed by atoms with Crippen LogP contribution in [0.25, 0.3) is 0 Å². The fourth-order valence-corrected chi connectivity index (χ4v) is 3.82. The number of pyridine rings is 1. The molecule has 3 rings (SSSR count). The fraction of sp³-hybridized carbons (Fsp3) is 0.526. The van der Waals surface area contributed by atoms with Gasteiger partial charge in [-0.2, -0.15) is 0 Å². The normalized spacial score (nSPS) is 14.9. The van der Waals surface area contributed by atoms with E-state index in [0.717, 1.165) is 42.1 Å². The molecule has 26 heavy (non-hydrogen) atoms. The maximum Gasteiger partial charge on any atom is 0.191 e. The number of aliphatic imine (C=N–C) groups is 1. The lowest BCUT2D eigenvalue weighted by Crippen LogP contribution is -2.36. The van der Waals surface area contributed by atoms with E-state index in [-0.39, 0.29) is 0 Å². The van der Waals surface area contributed by atoms with Crippen molar-refractivity contribution < 1.29 is 0 Å². The first-order valence-corrected chi connectivity index (χ1v) is 10.1. The van der Waals surface area contributed by atoms with E-state index in [2.05, 4.69) is 61.9 Å². The van der Waals surface area contributed by atoms with Crippen LogP contribution in [0, 0.1) is 0 Å². The lowest BCUT2D eigenvalue weighted by molar-refractivity contribution is 0.784. The van der Waals surface area contributed by atoms with Gasteiger partial charge >= 0.3 is 0 Å². The van der Waals surface area contributed by atoms with Crippen molar-refractivity contribution in [1.82, 2.24) is 20.6 Å². The summed E-state index contributed by atoms with van der Waals surface area (Å²) in [6.07, 6.45) is 4.41. The molecule has 0 bridgehead atoms. The topological polar surface area (TPSA) is 65.4 Å². The third kappa shape index (κ3) is 4.94. The second kappa shape index (κ2) is 8.98. The van der Waals surface area contributed by atoms with Crippen molar-refractivity contribution in [2.45, 2.75) is 45.7 Å². The average Bonchev–Trinajstić information content (AvgIpc) is 3.34. The van der Waals surface area contributed by atoms with Crippen molar-refractivity contribution in [3.63, 3.8) is 0 Å². The van der Waals surface area contributed by atoms with Crippen molar-refractivity contribution in [3.8, 4) is 0 Å². The Morgan fingerprint density at radius 1 is 1.27 bits per heavy atom. The predicted octanol–water partition coefficient (Wildman–Crippen LogP) is 3.13. The Morgan fingerprint density at radius 3 is 2.73 bits per heavy atom. The molecule has 1 aliphatic rings. The third-order valence-corrected chi connectivity index (χ3v) is 5.36. The number of thiazole rings is 1. The molecule has 1 aliphatic heterocycles. The summed E-state index contributed by atoms with van der Waals surface area (Å²) in [5, 5.41) is 9.93. The van der Waals surface area contributed by atoms with Gasteiger partial charge in [-0.05, 0) is 36.5 Å². The van der Waals surface area contributed by atoms with Crippen molar-refractivity contribution >= 4 is 23.1 Å². The van der Waals surface area contributed by atoms with Crippen LogP contribution in [0.3, 0.4) is 0 Å². The monoisotopic (exact) mass is 372 g/mol. The number of nitrogens with one attached hydrogen (secondary N) is 2. The van der Waals surface area contributed by atoms with Crippen LogP contribution in [-0.4, -0.2) is 36.1 Å². The van der Waals surface area contributed by atoms with Crippen molar-refractivity contribution in [1.29, 1.82) is 0 Å². The third-order valence-electron chi connectivity index (χ3n) is 4.49. The second-order valence-electron chi connectivity index (χ2n) is 6.82. The first-order valence-electron chi connectivity index (χ1n) is 9.24. The Bertz CT molecular complexity index is 733. The molecule has 2 aromatic rings. The highest BCUT2D eigenvalue weighted by molar-refractivity contribution is 7.09. The molecule has 0 aromatic carbocycles. The minimum absolute atomic E-state index is 0.467. The molecule has 0 saturated carbocycles. The van der Waals surface area contributed by atoms with E-state index in [9.17, 15) is 0 Å². The van der Waals surface area contributed by atoms with E-state index in [1.165, 1.54) is 18.4 Å². The van der Waals surface area contributed by atoms with Crippen LogP contribution in [0.15, 0.2) is 28.7 Å². The second-order valence-corrected chi connectivity index (χ2v) is 7.76. The van der Waals surface area contributed by atoms with Crippen LogP contribution >= 0.6 is 11.3 Å². The van der Waals surface area contributed by atoms with Crippen LogP contribution in [0.5, 0.6) is 0 Å². The molecule has 1 saturated heterocycles. The zero-order valence-corrected chi connectivity index (χ0v) is 16.6. The minimum Gasteiger partial charge on any atom is -0.357 e. The summed E-state index contributed by atoms with van der Waals surface area (Å²) in [6, 6.07) is 4.22. The maximum absolute atomic E-state index is 4.65. The van der Waals surface area contributed by atoms with Crippen LogP contribution < -0.4 is 15.5 Å². The van der Waals surface area contributed by atoms with Crippen LogP contribution in [0.4, 0.5) is 5.82 Å². The van der Waals surface area contributed by atoms with Gasteiger partial charge in [0.05, 0.1) is 12.2 Å². The largest absolute Gasteiger partial charge is 0.357 e. The van der Waals surface area contributed by atoms with Crippen LogP contribution in [0.1, 0.15) is 48.9 Å². The summed E-state index contributed by atoms with van der Waals surface area (Å²) in [6.45, 7) is 7.96. The van der Waals surface area contributed by atoms with Gasteiger partial charge in [0.1, 0.15) is 10.8 Å². The summed E-state index contributed by atoms with van der Waals surface area (Å²) in [5.74, 6) is 2.33. The molecule has 6 nitrogen and oxygen atoms in total. The Kier molecular flexibility index (Phi) is 6.44. The van der Waals surface area contributed by atoms with Gasteiger partial charge in [-0.25, -0.2) is 9.97 Å². The average molecular weight is 373 g/mol. The zero-order valence-electron chi connectivity index (χ0n) is 15.8. The molecular formula is C19H28N6S. The number of anilines is 1. The molecule has 2 N–H and O–H groups in total. The first kappa shape index (κ1) is 18.6. The summed E-state index contributed by atoms with van der Waals surface area (Å²) in [7, 11) is 1.79. The number of rotatable bonds is 6. The Morgan fingerprint density at radius 2 is 2.04 bits per heavy atom. The highest BCUT2D eigenvalue weighted by atomic mass is 32.1. The van der Waals surface area contributed by atoms with Crippen LogP contribution in [-0.2, 0) is 13.1 Å². The molecule has 0 aliphatic carbocycles. The molecular weight excluding hydrogens is 344 g/mol. The van der Waals surface area contributed by atoms with E-state index in [4.69, 9.17) is 0 Å². The maximum atomic E-state index is 4.65. The van der Waals surface area contributed by atoms with Crippen molar-refractivity contribution in [2.75, 3.05) is 25.0 Å². The van der Waals surface area contributed by atoms with E-state index in [1.54, 1.807) is 18.4 Å². The number of guanidine groups is 1. The van der Waals surface area contributed by atoms with Crippen LogP contribution in [0.2, 0.25) is 0 Å². The number of nitrogens with zero attached hydrogens (tertiary/aromatic N) is 4. The molecule has 0 amide bonds. The van der Waals surface area contributed by atoms with Gasteiger partial charge in [-0.15, -0.1) is 11.3 Å². The van der Waals surface area contributed by atoms with Crippen molar-refractivity contribution in [2.24, 2.45) is 4.99 Å². The first-order chi connectivity index (χ1) is 12.7. The summed E-state index contributed by atoms with van der Waals surface area (Å²) >= 11 is 1.69. The molecule has 0 radical (unpaired) electrons. The van der Waals surface area contributed by atoms with E-state index in [0.29, 0.717) is 12.5 Å². The minimum atomic E-state index is 0.467. The predicted molar refractivity (Wildman–Crippen MR) is 109 cm³/mol. The molecule has 2 aromatic heterocycles. The van der Waals surface area contributed by atoms with Gasteiger partial charge in [-0.1, -0.05) is 13.8 Å². The van der Waals surface area contributed by atoms with Gasteiger partial charge in [0.15, 0.2) is 5.96 Å². The van der Waals surface area contributed by atoms with Crippen molar-refractivity contribution in [3.05, 3.63) is 40.0 Å². The summed E-state index contributed by atoms with van der Waals surface area (Å²) < 4.78 is 0. The Hall–Kier alpha value is -2.15. The molecule has 3 heterocycles. The zero-order chi connectivity index (χ0) is 18.4. The Balaban J connectivity index is 1.51. The van der Waals surface area contributed by atoms with E-state index >= 15 is 0 Å². The fourth-order valence-electron chi connectivity index (χ4n) is 2.93. The van der Waals surface area contributed by atoms with E-state index < -0.39 is 0 Å². The molecule has 0 atom stereocenters. The van der Waals surface area contributed by atoms with Gasteiger partial charge in [0.2, 0.25) is 0 Å². The van der Waals surface area contributed by atoms with Gasteiger partial charge in [0, 0.05) is 38.3 Å². The molecule has 1 fully saturated rings. The highest BCUT2D eigenvalue weighted by Crippen LogP contribution is 2.19. The Labute approximate surface area is 159 Å². The number of hydrogen-bond donors (Lipinski definition) is 2. The number of hydrogen-bond acceptors (Lipinski definition) is 5. The van der Waals surface area contributed by atoms with Gasteiger partial charge < -0.3 is 15.5 Å². The molecule has 0 spiro atoms. The quantitative estimate of drug-likeness (QED) is 0.602. The number of aromatic nitrogens is 2. The standard InChI is InChI=1S/C19H28N6S/c1-14(2)16-13-26-18(24-16)12-23-19(20-3)22-11-15-6-7-21-17(10-15)25-8-4-5-9-25/h6-7,10,13-14H,4-5,8-9,11-12H2,1-3H3,(H2,20,22,23). The summed E-state index contributed by atoms with van der Waals surface area (Å²) in [4.78, 5) is 15.8. The van der Waals surface area contributed by atoms with Gasteiger partial charge in [0.25, 0.3) is 0 Å². The smallest absolute Gasteiger partial charge is 0.191 e. The lowest BCUT2D eigenvalue weighted by atomic mass is 10.2. The summed E-state index contributed by atoms with van der Waals surface area (Å²) in [5.41, 5.74) is 2.36. The SMILES string of the molecule is CN=C(NCc1ccnc(N2CCCC2)c1)NCc1nc(C(C)C)cs1. The molecule has 140 valence electrons. The highest BCUT2D eigenvalue weighted by Gasteiger charge is 2.13.